The summed E-state index contributed by atoms with van der Waals surface area (Å²) in [5, 5.41) is 34.6. The van der Waals surface area contributed by atoms with Crippen LogP contribution in [0.3, 0.4) is 0 Å². The Morgan fingerprint density at radius 2 is 1.79 bits per heavy atom. The Hall–Kier alpha value is -2.99. The van der Waals surface area contributed by atoms with Crippen molar-refractivity contribution in [2.45, 2.75) is 49.1 Å². The van der Waals surface area contributed by atoms with Crippen molar-refractivity contribution in [2.75, 3.05) is 37.4 Å². The predicted molar refractivity (Wildman–Crippen MR) is 163 cm³/mol. The second-order valence-corrected chi connectivity index (χ2v) is 15.1. The molecule has 4 aromatic heterocycles. The van der Waals surface area contributed by atoms with Gasteiger partial charge in [0.25, 0.3) is 5.56 Å². The number of imidazole rings is 1. The molecule has 10 atom stereocenters. The molecule has 2 bridgehead atoms. The second-order valence-electron chi connectivity index (χ2n) is 10.9. The minimum absolute atomic E-state index is 0.0453. The zero-order valence-electron chi connectivity index (χ0n) is 24.3. The summed E-state index contributed by atoms with van der Waals surface area (Å²) in [7, 11) is -5.03. The zero-order chi connectivity index (χ0) is 34.0. The number of aromatic amines is 1. The fraction of sp³-hybridized carbons (Fsp3) is 0.522. The lowest BCUT2D eigenvalue weighted by Gasteiger charge is -2.27. The van der Waals surface area contributed by atoms with E-state index in [1.54, 1.807) is 0 Å². The molecule has 0 radical (unpaired) electrons. The van der Waals surface area contributed by atoms with Gasteiger partial charge < -0.3 is 54.7 Å². The van der Waals surface area contributed by atoms with Crippen LogP contribution in [0.4, 0.5) is 11.8 Å². The van der Waals surface area contributed by atoms with Gasteiger partial charge in [0.15, 0.2) is 35.1 Å². The zero-order valence-corrected chi connectivity index (χ0v) is 26.9. The van der Waals surface area contributed by atoms with E-state index in [9.17, 15) is 34.5 Å². The van der Waals surface area contributed by atoms with Crippen LogP contribution < -0.4 is 16.6 Å². The number of hydrogen-bond donors (Lipinski definition) is 8. The Morgan fingerprint density at radius 1 is 1.02 bits per heavy atom. The summed E-state index contributed by atoms with van der Waals surface area (Å²) >= 11 is 5.25. The van der Waals surface area contributed by atoms with Crippen LogP contribution in [-0.4, -0.2) is 122 Å². The van der Waals surface area contributed by atoms with Crippen molar-refractivity contribution in [3.05, 3.63) is 35.3 Å². The number of nitrogen functional groups attached to an aromatic ring is 1. The number of aliphatic hydroxyl groups is 3. The first-order valence-electron chi connectivity index (χ1n) is 14.2. The fourth-order valence-corrected chi connectivity index (χ4v) is 8.10. The summed E-state index contributed by atoms with van der Waals surface area (Å²) in [5.41, 5.74) is 5.70. The number of nitrogens with zero attached hydrogens (tertiary/aromatic N) is 6. The first kappa shape index (κ1) is 33.5. The number of hydrogen-bond acceptors (Lipinski definition) is 18. The molecule has 9 N–H and O–H groups in total. The van der Waals surface area contributed by atoms with Gasteiger partial charge in [-0.25, -0.2) is 19.5 Å². The number of aliphatic hydroxyl groups excluding tert-OH is 3. The van der Waals surface area contributed by atoms with Crippen LogP contribution in [0.1, 0.15) is 12.5 Å². The molecule has 7 heterocycles. The Labute approximate surface area is 273 Å². The van der Waals surface area contributed by atoms with E-state index in [1.165, 1.54) is 34.1 Å². The number of nitrogens with one attached hydrogen (secondary N) is 2. The topological polar surface area (TPSA) is 306 Å². The summed E-state index contributed by atoms with van der Waals surface area (Å²) in [5.74, 6) is 0.0890. The molecule has 0 saturated carbocycles. The molecule has 0 aliphatic carbocycles. The molecule has 3 aliphatic rings. The maximum atomic E-state index is 13.2. The molecule has 7 rings (SSSR count). The van der Waals surface area contributed by atoms with E-state index in [0.717, 1.165) is 0 Å². The van der Waals surface area contributed by atoms with Gasteiger partial charge >= 0.3 is 14.5 Å². The summed E-state index contributed by atoms with van der Waals surface area (Å²) in [6, 6.07) is 1.41. The van der Waals surface area contributed by atoms with Crippen molar-refractivity contribution in [3.8, 4) is 0 Å². The van der Waals surface area contributed by atoms with Crippen molar-refractivity contribution in [3.63, 3.8) is 0 Å². The lowest BCUT2D eigenvalue weighted by atomic mass is 10.1. The third kappa shape index (κ3) is 6.16. The largest absolute Gasteiger partial charge is 0.472 e. The van der Waals surface area contributed by atoms with Crippen LogP contribution in [0, 0.1) is 0 Å². The highest BCUT2D eigenvalue weighted by molar-refractivity contribution is 8.07. The number of phosphoric acid groups is 1. The third-order valence-corrected chi connectivity index (χ3v) is 10.4. The smallest absolute Gasteiger partial charge is 0.395 e. The number of aromatic nitrogens is 7. The van der Waals surface area contributed by atoms with E-state index in [0.29, 0.717) is 5.82 Å². The van der Waals surface area contributed by atoms with Crippen LogP contribution in [0.25, 0.3) is 22.2 Å². The van der Waals surface area contributed by atoms with Crippen LogP contribution in [0.5, 0.6) is 0 Å². The molecule has 22 nitrogen and oxygen atoms in total. The Morgan fingerprint density at radius 3 is 2.58 bits per heavy atom. The van der Waals surface area contributed by atoms with E-state index in [-0.39, 0.29) is 41.3 Å². The lowest BCUT2D eigenvalue weighted by Crippen LogP contribution is -2.36. The number of rotatable bonds is 5. The number of H-pyrrole nitrogens is 1. The molecule has 3 saturated heterocycles. The van der Waals surface area contributed by atoms with Crippen LogP contribution >= 0.6 is 14.5 Å². The maximum Gasteiger partial charge on any atom is 0.472 e. The van der Waals surface area contributed by atoms with Crippen LogP contribution in [0.15, 0.2) is 29.7 Å². The van der Waals surface area contributed by atoms with Crippen molar-refractivity contribution in [1.82, 2.24) is 34.1 Å². The van der Waals surface area contributed by atoms with E-state index in [2.05, 4.69) is 30.2 Å². The van der Waals surface area contributed by atoms with Gasteiger partial charge in [0, 0.05) is 12.7 Å². The van der Waals surface area contributed by atoms with E-state index >= 15 is 0 Å². The highest BCUT2D eigenvalue weighted by Crippen LogP contribution is 2.54. The number of anilines is 2. The van der Waals surface area contributed by atoms with Gasteiger partial charge in [-0.2, -0.15) is 4.98 Å². The van der Waals surface area contributed by atoms with E-state index < -0.39 is 82.4 Å². The highest BCUT2D eigenvalue weighted by atomic mass is 32.5. The SMILES string of the molecule is Nc1nc2c(ccn2[C@@H]2O[C@@H]3COP(=O)(O)OC4[C@@H](COP(O)(=S)OC2[C@H]3O)O[C@@H](n2cnc3c(NCCO)ncnc32)[C@H]4O)c(=O)[nH]1. The average molecular weight is 734 g/mol. The molecule has 25 heteroatoms. The summed E-state index contributed by atoms with van der Waals surface area (Å²) in [4.78, 5) is 53.3. The number of ether oxygens (including phenoxy) is 2. The Bertz CT molecular complexity index is 2000. The second kappa shape index (κ2) is 12.7. The molecule has 0 amide bonds. The molecule has 4 unspecified atom stereocenters. The molecular weight excluding hydrogens is 704 g/mol. The van der Waals surface area contributed by atoms with E-state index in [4.69, 9.17) is 45.1 Å². The highest BCUT2D eigenvalue weighted by Gasteiger charge is 2.53. The third-order valence-electron chi connectivity index (χ3n) is 7.85. The van der Waals surface area contributed by atoms with Crippen molar-refractivity contribution in [1.29, 1.82) is 0 Å². The molecule has 260 valence electrons. The van der Waals surface area contributed by atoms with Gasteiger partial charge in [-0.05, 0) is 17.9 Å². The molecule has 0 aromatic carbocycles. The lowest BCUT2D eigenvalue weighted by molar-refractivity contribution is -0.0634. The minimum Gasteiger partial charge on any atom is -0.395 e. The molecular formula is C23H29N9O13P2S. The van der Waals surface area contributed by atoms with Crippen molar-refractivity contribution < 1.29 is 57.2 Å². The quantitative estimate of drug-likeness (QED) is 0.105. The van der Waals surface area contributed by atoms with Gasteiger partial charge in [-0.15, -0.1) is 0 Å². The monoisotopic (exact) mass is 733 g/mol. The van der Waals surface area contributed by atoms with Crippen LogP contribution in [-0.2, 0) is 43.9 Å². The van der Waals surface area contributed by atoms with Crippen molar-refractivity contribution >= 4 is 60.3 Å². The maximum absolute atomic E-state index is 13.2. The average Bonchev–Trinajstić information content (AvgIpc) is 3.79. The van der Waals surface area contributed by atoms with Gasteiger partial charge in [-0.3, -0.25) is 27.9 Å². The number of nitrogens with two attached hydrogens (primary N) is 1. The fourth-order valence-electron chi connectivity index (χ4n) is 5.72. The molecule has 3 aliphatic heterocycles. The van der Waals surface area contributed by atoms with E-state index in [1.807, 2.05) is 0 Å². The summed E-state index contributed by atoms with van der Waals surface area (Å²) in [6.07, 6.45) is -7.75. The van der Waals surface area contributed by atoms with Gasteiger partial charge in [0.1, 0.15) is 43.0 Å². The molecule has 48 heavy (non-hydrogen) atoms. The number of phosphoric ester groups is 1. The van der Waals surface area contributed by atoms with Crippen molar-refractivity contribution in [2.24, 2.45) is 0 Å². The first-order chi connectivity index (χ1) is 22.9. The normalized spacial score (nSPS) is 36.0. The van der Waals surface area contributed by atoms with Crippen LogP contribution in [0.2, 0.25) is 0 Å². The molecule has 0 spiro atoms. The Kier molecular flexibility index (Phi) is 8.88. The first-order valence-corrected chi connectivity index (χ1v) is 18.3. The number of fused-ring (bicyclic) bond motifs is 5. The van der Waals surface area contributed by atoms with Gasteiger partial charge in [-0.1, -0.05) is 0 Å². The Balaban J connectivity index is 1.19. The standard InChI is InChI=1S/C23H29N9O13P2S/c24-23-29-18-9(20(36)30-23)1-3-31(18)22-16-13(34)10(42-22)5-40-46(37,38)44-15-11(6-41-47(39,48)45-16)43-21(14(15)35)32-8-28-12-17(25-2-4-33)26-7-27-19(12)32/h1,3,7-8,10-11,13-16,21-22,33-35H,2,4-6H2,(H,37,38)(H,39,48)(H,25,26,27)(H3,24,29,30,36)/t10-,11-,13+,14+,15?,16?,21-,22-,47?/m1/s1. The summed E-state index contributed by atoms with van der Waals surface area (Å²) < 4.78 is 49.6. The molecule has 4 aromatic rings. The predicted octanol–water partition coefficient (Wildman–Crippen LogP) is -1.80. The van der Waals surface area contributed by atoms with Gasteiger partial charge in [0.2, 0.25) is 5.95 Å². The molecule has 3 fully saturated rings. The minimum atomic E-state index is -5.03. The summed E-state index contributed by atoms with van der Waals surface area (Å²) in [6.45, 7) is -5.65. The van der Waals surface area contributed by atoms with Gasteiger partial charge in [0.05, 0.1) is 31.5 Å².